The largest absolute Gasteiger partial charge is 0.305 e. The van der Waals surface area contributed by atoms with Crippen molar-refractivity contribution in [3.05, 3.63) is 63.4 Å². The minimum Gasteiger partial charge on any atom is -0.305 e. The van der Waals surface area contributed by atoms with Gasteiger partial charge in [0, 0.05) is 16.2 Å². The molecule has 1 aromatic heterocycles. The van der Waals surface area contributed by atoms with Crippen molar-refractivity contribution in [3.8, 4) is 0 Å². The molecule has 106 valence electrons. The van der Waals surface area contributed by atoms with Gasteiger partial charge in [-0.05, 0) is 55.3 Å². The molecule has 0 aliphatic rings. The first-order valence-electron chi connectivity index (χ1n) is 6.73. The van der Waals surface area contributed by atoms with Gasteiger partial charge >= 0.3 is 0 Å². The highest BCUT2D eigenvalue weighted by atomic mass is 35.5. The lowest BCUT2D eigenvalue weighted by atomic mass is 9.99. The Balaban J connectivity index is 2.47. The Hall–Kier alpha value is -1.09. The molecule has 1 heterocycles. The first kappa shape index (κ1) is 15.3. The van der Waals surface area contributed by atoms with E-state index >= 15 is 0 Å². The van der Waals surface area contributed by atoms with Gasteiger partial charge in [-0.3, -0.25) is 4.98 Å². The minimum atomic E-state index is -0.0395. The maximum atomic E-state index is 6.35. The van der Waals surface area contributed by atoms with Crippen LogP contribution < -0.4 is 5.32 Å². The number of hydrogen-bond acceptors (Lipinski definition) is 2. The summed E-state index contributed by atoms with van der Waals surface area (Å²) in [6.07, 6.45) is 2.85. The Morgan fingerprint density at radius 1 is 1.25 bits per heavy atom. The molecule has 1 unspecified atom stereocenters. The second kappa shape index (κ2) is 7.07. The van der Waals surface area contributed by atoms with Crippen molar-refractivity contribution in [2.75, 3.05) is 6.54 Å². The zero-order chi connectivity index (χ0) is 14.5. The fraction of sp³-hybridized carbons (Fsp3) is 0.312. The molecule has 1 aromatic carbocycles. The van der Waals surface area contributed by atoms with Crippen LogP contribution in [0, 0.1) is 6.92 Å². The van der Waals surface area contributed by atoms with Gasteiger partial charge in [-0.15, -0.1) is 0 Å². The standard InChI is InChI=1S/C16H18Cl2N2/c1-3-8-19-16(15-11(2)5-4-9-20-15)13-10-12(17)6-7-14(13)18/h4-7,9-10,16,19H,3,8H2,1-2H3. The van der Waals surface area contributed by atoms with Gasteiger partial charge in [0.25, 0.3) is 0 Å². The third-order valence-corrected chi connectivity index (χ3v) is 3.77. The van der Waals surface area contributed by atoms with Gasteiger partial charge in [-0.1, -0.05) is 36.2 Å². The molecular formula is C16H18Cl2N2. The van der Waals surface area contributed by atoms with E-state index in [2.05, 4.69) is 30.2 Å². The predicted octanol–water partition coefficient (Wildman–Crippen LogP) is 4.79. The van der Waals surface area contributed by atoms with Crippen molar-refractivity contribution in [1.29, 1.82) is 0 Å². The molecule has 0 amide bonds. The minimum absolute atomic E-state index is 0.0395. The highest BCUT2D eigenvalue weighted by molar-refractivity contribution is 6.33. The Morgan fingerprint density at radius 2 is 2.05 bits per heavy atom. The van der Waals surface area contributed by atoms with Crippen LogP contribution >= 0.6 is 23.2 Å². The summed E-state index contributed by atoms with van der Waals surface area (Å²) in [5.41, 5.74) is 3.09. The number of pyridine rings is 1. The molecule has 2 rings (SSSR count). The molecule has 0 saturated carbocycles. The lowest BCUT2D eigenvalue weighted by Gasteiger charge is -2.21. The molecule has 20 heavy (non-hydrogen) atoms. The van der Waals surface area contributed by atoms with Crippen molar-refractivity contribution in [1.82, 2.24) is 10.3 Å². The summed E-state index contributed by atoms with van der Waals surface area (Å²) in [6, 6.07) is 9.50. The lowest BCUT2D eigenvalue weighted by molar-refractivity contribution is 0.584. The average molecular weight is 309 g/mol. The van der Waals surface area contributed by atoms with Crippen LogP contribution in [0.5, 0.6) is 0 Å². The molecule has 1 N–H and O–H groups in total. The Kier molecular flexibility index (Phi) is 5.41. The molecule has 0 spiro atoms. The third kappa shape index (κ3) is 3.51. The summed E-state index contributed by atoms with van der Waals surface area (Å²) in [4.78, 5) is 4.51. The van der Waals surface area contributed by atoms with E-state index < -0.39 is 0 Å². The molecule has 1 atom stereocenters. The van der Waals surface area contributed by atoms with Gasteiger partial charge in [0.2, 0.25) is 0 Å². The van der Waals surface area contributed by atoms with Crippen molar-refractivity contribution in [2.24, 2.45) is 0 Å². The quantitative estimate of drug-likeness (QED) is 0.859. The second-order valence-corrected chi connectivity index (χ2v) is 5.60. The Labute approximate surface area is 130 Å². The summed E-state index contributed by atoms with van der Waals surface area (Å²) in [5.74, 6) is 0. The SMILES string of the molecule is CCCNC(c1cc(Cl)ccc1Cl)c1ncccc1C. The van der Waals surface area contributed by atoms with E-state index in [1.807, 2.05) is 18.2 Å². The zero-order valence-corrected chi connectivity index (χ0v) is 13.2. The van der Waals surface area contributed by atoms with Crippen molar-refractivity contribution >= 4 is 23.2 Å². The van der Waals surface area contributed by atoms with Gasteiger partial charge in [-0.2, -0.15) is 0 Å². The number of nitrogens with one attached hydrogen (secondary N) is 1. The van der Waals surface area contributed by atoms with E-state index in [0.717, 1.165) is 29.8 Å². The van der Waals surface area contributed by atoms with E-state index in [0.29, 0.717) is 10.0 Å². The van der Waals surface area contributed by atoms with Crippen LogP contribution in [0.15, 0.2) is 36.5 Å². The number of benzene rings is 1. The van der Waals surface area contributed by atoms with Gasteiger partial charge in [0.05, 0.1) is 11.7 Å². The van der Waals surface area contributed by atoms with Gasteiger partial charge in [0.1, 0.15) is 0 Å². The van der Waals surface area contributed by atoms with E-state index in [4.69, 9.17) is 23.2 Å². The average Bonchev–Trinajstić information content (AvgIpc) is 2.44. The number of halogens is 2. The van der Waals surface area contributed by atoms with E-state index in [1.54, 1.807) is 12.3 Å². The normalized spacial score (nSPS) is 12.4. The Morgan fingerprint density at radius 3 is 2.75 bits per heavy atom. The summed E-state index contributed by atoms with van der Waals surface area (Å²) < 4.78 is 0. The molecule has 0 saturated heterocycles. The van der Waals surface area contributed by atoms with Crippen LogP contribution in [0.4, 0.5) is 0 Å². The monoisotopic (exact) mass is 308 g/mol. The third-order valence-electron chi connectivity index (χ3n) is 3.19. The van der Waals surface area contributed by atoms with Gasteiger partial charge in [0.15, 0.2) is 0 Å². The zero-order valence-electron chi connectivity index (χ0n) is 11.7. The number of aromatic nitrogens is 1. The van der Waals surface area contributed by atoms with Crippen molar-refractivity contribution in [3.63, 3.8) is 0 Å². The summed E-state index contributed by atoms with van der Waals surface area (Å²) in [7, 11) is 0. The molecule has 0 radical (unpaired) electrons. The molecule has 0 fully saturated rings. The van der Waals surface area contributed by atoms with Crippen LogP contribution in [0.3, 0.4) is 0 Å². The molecular weight excluding hydrogens is 291 g/mol. The number of rotatable bonds is 5. The van der Waals surface area contributed by atoms with Crippen molar-refractivity contribution in [2.45, 2.75) is 26.3 Å². The van der Waals surface area contributed by atoms with Crippen LogP contribution in [0.1, 0.15) is 36.2 Å². The summed E-state index contributed by atoms with van der Waals surface area (Å²) in [6.45, 7) is 5.08. The van der Waals surface area contributed by atoms with E-state index in [1.165, 1.54) is 0 Å². The molecule has 0 bridgehead atoms. The van der Waals surface area contributed by atoms with Gasteiger partial charge in [-0.25, -0.2) is 0 Å². The number of aryl methyl sites for hydroxylation is 1. The number of hydrogen-bond donors (Lipinski definition) is 1. The molecule has 2 nitrogen and oxygen atoms in total. The van der Waals surface area contributed by atoms with Crippen LogP contribution in [0.2, 0.25) is 10.0 Å². The van der Waals surface area contributed by atoms with Crippen LogP contribution in [-0.4, -0.2) is 11.5 Å². The second-order valence-electron chi connectivity index (χ2n) is 4.76. The first-order valence-corrected chi connectivity index (χ1v) is 7.49. The van der Waals surface area contributed by atoms with Crippen molar-refractivity contribution < 1.29 is 0 Å². The highest BCUT2D eigenvalue weighted by Crippen LogP contribution is 2.31. The van der Waals surface area contributed by atoms with Crippen LogP contribution in [-0.2, 0) is 0 Å². The fourth-order valence-electron chi connectivity index (χ4n) is 2.18. The lowest BCUT2D eigenvalue weighted by Crippen LogP contribution is -2.25. The predicted molar refractivity (Wildman–Crippen MR) is 85.6 cm³/mol. The first-order chi connectivity index (χ1) is 9.63. The molecule has 4 heteroatoms. The maximum absolute atomic E-state index is 6.35. The molecule has 2 aromatic rings. The van der Waals surface area contributed by atoms with Crippen LogP contribution in [0.25, 0.3) is 0 Å². The Bertz CT molecular complexity index is 584. The van der Waals surface area contributed by atoms with E-state index in [-0.39, 0.29) is 6.04 Å². The highest BCUT2D eigenvalue weighted by Gasteiger charge is 2.19. The number of nitrogens with zero attached hydrogens (tertiary/aromatic N) is 1. The smallest absolute Gasteiger partial charge is 0.0769 e. The maximum Gasteiger partial charge on any atom is 0.0769 e. The van der Waals surface area contributed by atoms with Gasteiger partial charge < -0.3 is 5.32 Å². The topological polar surface area (TPSA) is 24.9 Å². The van der Waals surface area contributed by atoms with E-state index in [9.17, 15) is 0 Å². The fourth-order valence-corrected chi connectivity index (χ4v) is 2.59. The summed E-state index contributed by atoms with van der Waals surface area (Å²) in [5, 5.41) is 4.89. The molecule has 0 aliphatic heterocycles. The molecule has 0 aliphatic carbocycles. The summed E-state index contributed by atoms with van der Waals surface area (Å²) >= 11 is 12.5.